The molecule has 0 saturated carbocycles. The zero-order chi connectivity index (χ0) is 28.9. The predicted molar refractivity (Wildman–Crippen MR) is 153 cm³/mol. The second-order valence-corrected chi connectivity index (χ2v) is 11.7. The van der Waals surface area contributed by atoms with Gasteiger partial charge in [-0.25, -0.2) is 8.42 Å². The van der Waals surface area contributed by atoms with Gasteiger partial charge in [-0.2, -0.15) is 4.72 Å². The quantitative estimate of drug-likeness (QED) is 0.217. The molecule has 0 bridgehead atoms. The summed E-state index contributed by atoms with van der Waals surface area (Å²) < 4.78 is 29.1. The zero-order valence-electron chi connectivity index (χ0n) is 22.4. The van der Waals surface area contributed by atoms with Crippen molar-refractivity contribution in [1.29, 1.82) is 5.41 Å². The van der Waals surface area contributed by atoms with Gasteiger partial charge in [-0.1, -0.05) is 60.7 Å². The molecule has 5 N–H and O–H groups in total. The first-order chi connectivity index (χ1) is 19.1. The largest absolute Gasteiger partial charge is 0.394 e. The number of rotatable bonds is 10. The van der Waals surface area contributed by atoms with Crippen LogP contribution in [0.4, 0.5) is 0 Å². The van der Waals surface area contributed by atoms with Crippen LogP contribution in [-0.4, -0.2) is 79.8 Å². The maximum Gasteiger partial charge on any atom is 0.245 e. The van der Waals surface area contributed by atoms with Gasteiger partial charge in [0.05, 0.1) is 11.5 Å². The van der Waals surface area contributed by atoms with Gasteiger partial charge in [-0.15, -0.1) is 0 Å². The van der Waals surface area contributed by atoms with Gasteiger partial charge < -0.3 is 20.6 Å². The van der Waals surface area contributed by atoms with Crippen LogP contribution in [0.1, 0.15) is 30.4 Å². The van der Waals surface area contributed by atoms with Crippen molar-refractivity contribution in [2.75, 3.05) is 26.7 Å². The van der Waals surface area contributed by atoms with E-state index in [0.29, 0.717) is 24.0 Å². The first-order valence-corrected chi connectivity index (χ1v) is 14.7. The molecule has 212 valence electrons. The van der Waals surface area contributed by atoms with Gasteiger partial charge in [-0.05, 0) is 36.3 Å². The third-order valence-corrected chi connectivity index (χ3v) is 8.81. The Balaban J connectivity index is 1.60. The molecule has 1 aliphatic heterocycles. The first-order valence-electron chi connectivity index (χ1n) is 13.2. The average molecular weight is 566 g/mol. The van der Waals surface area contributed by atoms with E-state index in [1.54, 1.807) is 65.6 Å². The van der Waals surface area contributed by atoms with Crippen LogP contribution < -0.4 is 10.5 Å². The number of carbonyl (C=O) groups excluding carboxylic acids is 2. The molecule has 2 amide bonds. The zero-order valence-corrected chi connectivity index (χ0v) is 23.2. The second-order valence-electron chi connectivity index (χ2n) is 10.00. The number of benzene rings is 3. The lowest BCUT2D eigenvalue weighted by Crippen LogP contribution is -2.57. The number of likely N-dealkylation sites (N-methyl/N-ethyl adjacent to an activating group) is 1. The summed E-state index contributed by atoms with van der Waals surface area (Å²) in [5.74, 6) is -1.04. The van der Waals surface area contributed by atoms with Gasteiger partial charge in [0.15, 0.2) is 0 Å². The Labute approximate surface area is 234 Å². The van der Waals surface area contributed by atoms with E-state index in [0.717, 1.165) is 30.2 Å². The maximum absolute atomic E-state index is 13.7. The number of nitrogens with one attached hydrogen (secondary N) is 2. The molecule has 1 heterocycles. The SMILES string of the molecule is CN(C(=O)[C@H](CO)NS(=O)(=O)c1cccc2ccccc12)C(Cc1ccc(C(=N)N)cc1)C(=O)N1CCCCC1. The van der Waals surface area contributed by atoms with E-state index < -0.39 is 34.6 Å². The highest BCUT2D eigenvalue weighted by Gasteiger charge is 2.36. The van der Waals surface area contributed by atoms with Crippen LogP contribution in [0.5, 0.6) is 0 Å². The molecule has 11 heteroatoms. The van der Waals surface area contributed by atoms with Gasteiger partial charge in [-0.3, -0.25) is 15.0 Å². The topological polar surface area (TPSA) is 157 Å². The van der Waals surface area contributed by atoms with Crippen LogP contribution in [-0.2, 0) is 26.0 Å². The van der Waals surface area contributed by atoms with E-state index >= 15 is 0 Å². The summed E-state index contributed by atoms with van der Waals surface area (Å²) in [6.45, 7) is 0.376. The standard InChI is InChI=1S/C29H35N5O5S/c1-33(25(29(37)34-16-5-2-6-17-34)18-20-12-14-22(15-13-20)27(30)31)28(36)24(19-35)32-40(38,39)26-11-7-9-21-8-3-4-10-23(21)26/h3-4,7-15,24-25,32,35H,2,5-6,16-19H2,1H3,(H3,30,31)/t24-,25?/m0/s1. The van der Waals surface area contributed by atoms with Crippen molar-refractivity contribution in [3.63, 3.8) is 0 Å². The predicted octanol–water partition coefficient (Wildman–Crippen LogP) is 1.85. The third-order valence-electron chi connectivity index (χ3n) is 7.28. The summed E-state index contributed by atoms with van der Waals surface area (Å²) in [4.78, 5) is 30.2. The lowest BCUT2D eigenvalue weighted by molar-refractivity contribution is -0.146. The summed E-state index contributed by atoms with van der Waals surface area (Å²) in [5, 5.41) is 18.9. The van der Waals surface area contributed by atoms with Crippen LogP contribution >= 0.6 is 0 Å². The van der Waals surface area contributed by atoms with Crippen LogP contribution in [0.25, 0.3) is 10.8 Å². The molecule has 2 atom stereocenters. The molecule has 0 aliphatic carbocycles. The number of carbonyl (C=O) groups is 2. The number of likely N-dealkylation sites (tertiary alicyclic amines) is 1. The Bertz CT molecular complexity index is 1480. The average Bonchev–Trinajstić information content (AvgIpc) is 2.98. The Hall–Kier alpha value is -3.80. The molecule has 0 radical (unpaired) electrons. The van der Waals surface area contributed by atoms with Crippen LogP contribution in [0.3, 0.4) is 0 Å². The summed E-state index contributed by atoms with van der Waals surface area (Å²) in [6.07, 6.45) is 2.93. The number of amides is 2. The summed E-state index contributed by atoms with van der Waals surface area (Å²) in [6, 6.07) is 16.3. The van der Waals surface area contributed by atoms with Gasteiger partial charge in [0, 0.05) is 37.5 Å². The van der Waals surface area contributed by atoms with Gasteiger partial charge in [0.25, 0.3) is 0 Å². The minimum Gasteiger partial charge on any atom is -0.394 e. The molecule has 0 spiro atoms. The van der Waals surface area contributed by atoms with Crippen molar-refractivity contribution in [2.45, 2.75) is 42.7 Å². The van der Waals surface area contributed by atoms with E-state index in [9.17, 15) is 23.1 Å². The van der Waals surface area contributed by atoms with Crippen molar-refractivity contribution in [2.24, 2.45) is 5.73 Å². The minimum atomic E-state index is -4.20. The highest BCUT2D eigenvalue weighted by atomic mass is 32.2. The first kappa shape index (κ1) is 29.2. The lowest BCUT2D eigenvalue weighted by Gasteiger charge is -2.35. The molecule has 3 aromatic carbocycles. The van der Waals surface area contributed by atoms with Crippen molar-refractivity contribution in [3.05, 3.63) is 77.9 Å². The summed E-state index contributed by atoms with van der Waals surface area (Å²) >= 11 is 0. The normalized spacial score (nSPS) is 15.4. The molecule has 40 heavy (non-hydrogen) atoms. The molecular formula is C29H35N5O5S. The maximum atomic E-state index is 13.7. The Morgan fingerprint density at radius 3 is 2.33 bits per heavy atom. The fourth-order valence-electron chi connectivity index (χ4n) is 5.00. The van der Waals surface area contributed by atoms with Gasteiger partial charge in [0.2, 0.25) is 21.8 Å². The fourth-order valence-corrected chi connectivity index (χ4v) is 6.41. The molecule has 1 aliphatic rings. The summed E-state index contributed by atoms with van der Waals surface area (Å²) in [7, 11) is -2.75. The fraction of sp³-hybridized carbons (Fsp3) is 0.345. The smallest absolute Gasteiger partial charge is 0.245 e. The number of aliphatic hydroxyl groups excluding tert-OH is 1. The van der Waals surface area contributed by atoms with E-state index in [2.05, 4.69) is 4.72 Å². The van der Waals surface area contributed by atoms with Crippen molar-refractivity contribution < 1.29 is 23.1 Å². The number of nitrogens with zero attached hydrogens (tertiary/aromatic N) is 2. The number of hydrogen-bond acceptors (Lipinski definition) is 6. The molecule has 0 aromatic heterocycles. The van der Waals surface area contributed by atoms with E-state index in [-0.39, 0.29) is 23.1 Å². The van der Waals surface area contributed by atoms with Gasteiger partial charge >= 0.3 is 0 Å². The van der Waals surface area contributed by atoms with Crippen LogP contribution in [0, 0.1) is 5.41 Å². The number of hydrogen-bond donors (Lipinski definition) is 4. The number of fused-ring (bicyclic) bond motifs is 1. The van der Waals surface area contributed by atoms with Crippen molar-refractivity contribution >= 4 is 38.4 Å². The molecule has 10 nitrogen and oxygen atoms in total. The number of amidine groups is 1. The molecule has 4 rings (SSSR count). The Morgan fingerprint density at radius 2 is 1.68 bits per heavy atom. The number of nitrogen functional groups attached to an aromatic ring is 1. The second kappa shape index (κ2) is 12.6. The third kappa shape index (κ3) is 6.49. The minimum absolute atomic E-state index is 0.00833. The molecule has 1 saturated heterocycles. The Morgan fingerprint density at radius 1 is 1.02 bits per heavy atom. The Kier molecular flexibility index (Phi) is 9.18. The van der Waals surface area contributed by atoms with E-state index in [1.165, 1.54) is 18.0 Å². The molecule has 3 aromatic rings. The van der Waals surface area contributed by atoms with E-state index in [4.69, 9.17) is 11.1 Å². The number of nitrogens with two attached hydrogens (primary N) is 1. The van der Waals surface area contributed by atoms with E-state index in [1.807, 2.05) is 0 Å². The van der Waals surface area contributed by atoms with Crippen LogP contribution in [0.2, 0.25) is 0 Å². The van der Waals surface area contributed by atoms with Gasteiger partial charge in [0.1, 0.15) is 17.9 Å². The molecular weight excluding hydrogens is 530 g/mol. The van der Waals surface area contributed by atoms with Crippen LogP contribution in [0.15, 0.2) is 71.6 Å². The number of aliphatic hydroxyl groups is 1. The number of piperidine rings is 1. The highest BCUT2D eigenvalue weighted by molar-refractivity contribution is 7.89. The lowest BCUT2D eigenvalue weighted by atomic mass is 10.00. The molecule has 1 unspecified atom stereocenters. The highest BCUT2D eigenvalue weighted by Crippen LogP contribution is 2.23. The summed E-state index contributed by atoms with van der Waals surface area (Å²) in [5.41, 5.74) is 6.84. The molecule has 1 fully saturated rings. The number of sulfonamides is 1. The monoisotopic (exact) mass is 565 g/mol. The van der Waals surface area contributed by atoms with Crippen molar-refractivity contribution in [1.82, 2.24) is 14.5 Å². The van der Waals surface area contributed by atoms with Crippen molar-refractivity contribution in [3.8, 4) is 0 Å².